The van der Waals surface area contributed by atoms with Gasteiger partial charge in [-0.15, -0.1) is 0 Å². The maximum atomic E-state index is 4.74. The number of rotatable bonds is 3. The Labute approximate surface area is 172 Å². The van der Waals surface area contributed by atoms with E-state index in [0.717, 1.165) is 12.1 Å². The van der Waals surface area contributed by atoms with Crippen LogP contribution in [0.25, 0.3) is 39.2 Å². The SMILES string of the molecule is CCc1ccc(-c2nccc3ccc(-c4ccc5c(c4)C=CCCC5)cc23)cc1. The van der Waals surface area contributed by atoms with Crippen molar-refractivity contribution in [1.82, 2.24) is 4.98 Å². The maximum Gasteiger partial charge on any atom is 0.0780 e. The summed E-state index contributed by atoms with van der Waals surface area (Å²) in [5, 5.41) is 2.44. The van der Waals surface area contributed by atoms with E-state index in [-0.39, 0.29) is 0 Å². The molecule has 0 bridgehead atoms. The fourth-order valence-electron chi connectivity index (χ4n) is 4.25. The van der Waals surface area contributed by atoms with Crippen molar-refractivity contribution in [3.05, 3.63) is 95.7 Å². The number of hydrogen-bond acceptors (Lipinski definition) is 1. The molecule has 0 amide bonds. The zero-order valence-corrected chi connectivity index (χ0v) is 16.9. The van der Waals surface area contributed by atoms with Gasteiger partial charge in [-0.3, -0.25) is 4.98 Å². The Kier molecular flexibility index (Phi) is 4.73. The molecule has 0 atom stereocenters. The molecule has 5 rings (SSSR count). The van der Waals surface area contributed by atoms with E-state index in [4.69, 9.17) is 4.98 Å². The number of hydrogen-bond donors (Lipinski definition) is 0. The van der Waals surface area contributed by atoms with E-state index in [9.17, 15) is 0 Å². The smallest absolute Gasteiger partial charge is 0.0780 e. The molecule has 0 saturated heterocycles. The predicted molar refractivity (Wildman–Crippen MR) is 124 cm³/mol. The molecule has 1 aliphatic carbocycles. The third-order valence-corrected chi connectivity index (χ3v) is 6.00. The molecule has 0 unspecified atom stereocenters. The van der Waals surface area contributed by atoms with Gasteiger partial charge < -0.3 is 0 Å². The van der Waals surface area contributed by atoms with Gasteiger partial charge in [-0.25, -0.2) is 0 Å². The largest absolute Gasteiger partial charge is 0.256 e. The Hall–Kier alpha value is -3.19. The first-order chi connectivity index (χ1) is 14.3. The van der Waals surface area contributed by atoms with Crippen LogP contribution in [0.15, 0.2) is 79.0 Å². The Morgan fingerprint density at radius 3 is 2.48 bits per heavy atom. The number of aryl methyl sites for hydroxylation is 2. The molecule has 0 aliphatic heterocycles. The zero-order chi connectivity index (χ0) is 19.6. The third kappa shape index (κ3) is 3.49. The molecule has 0 radical (unpaired) electrons. The van der Waals surface area contributed by atoms with Gasteiger partial charge in [-0.2, -0.15) is 0 Å². The number of pyridine rings is 1. The van der Waals surface area contributed by atoms with E-state index in [0.29, 0.717) is 0 Å². The Bertz CT molecular complexity index is 1200. The molecular weight excluding hydrogens is 350 g/mol. The van der Waals surface area contributed by atoms with E-state index in [2.05, 4.69) is 85.8 Å². The summed E-state index contributed by atoms with van der Waals surface area (Å²) in [7, 11) is 0. The molecule has 0 saturated carbocycles. The lowest BCUT2D eigenvalue weighted by Crippen LogP contribution is -1.90. The van der Waals surface area contributed by atoms with Gasteiger partial charge >= 0.3 is 0 Å². The van der Waals surface area contributed by atoms with Crippen molar-refractivity contribution in [2.45, 2.75) is 32.6 Å². The van der Waals surface area contributed by atoms with Crippen molar-refractivity contribution in [1.29, 1.82) is 0 Å². The van der Waals surface area contributed by atoms with Crippen LogP contribution in [0.2, 0.25) is 0 Å². The summed E-state index contributed by atoms with van der Waals surface area (Å²) in [5.41, 5.74) is 8.93. The van der Waals surface area contributed by atoms with Crippen LogP contribution >= 0.6 is 0 Å². The second-order valence-electron chi connectivity index (χ2n) is 7.85. The van der Waals surface area contributed by atoms with Gasteiger partial charge in [0, 0.05) is 17.1 Å². The fraction of sp³-hybridized carbons (Fsp3) is 0.179. The molecule has 4 aromatic rings. The van der Waals surface area contributed by atoms with Gasteiger partial charge in [0.2, 0.25) is 0 Å². The summed E-state index contributed by atoms with van der Waals surface area (Å²) in [6.45, 7) is 2.19. The Balaban J connectivity index is 1.62. The molecule has 1 aromatic heterocycles. The first kappa shape index (κ1) is 17.9. The zero-order valence-electron chi connectivity index (χ0n) is 16.9. The summed E-state index contributed by atoms with van der Waals surface area (Å²) in [5.74, 6) is 0. The van der Waals surface area contributed by atoms with Crippen molar-refractivity contribution in [3.63, 3.8) is 0 Å². The number of fused-ring (bicyclic) bond motifs is 2. The average molecular weight is 376 g/mol. The molecular formula is C28H25N. The number of allylic oxidation sites excluding steroid dienone is 1. The highest BCUT2D eigenvalue weighted by Gasteiger charge is 2.10. The lowest BCUT2D eigenvalue weighted by atomic mass is 9.95. The van der Waals surface area contributed by atoms with Crippen LogP contribution in [-0.4, -0.2) is 4.98 Å². The van der Waals surface area contributed by atoms with Gasteiger partial charge in [0.05, 0.1) is 5.69 Å². The van der Waals surface area contributed by atoms with Crippen molar-refractivity contribution in [3.8, 4) is 22.4 Å². The lowest BCUT2D eigenvalue weighted by Gasteiger charge is -2.11. The number of aromatic nitrogens is 1. The highest BCUT2D eigenvalue weighted by molar-refractivity contribution is 5.97. The van der Waals surface area contributed by atoms with Crippen LogP contribution in [0.4, 0.5) is 0 Å². The number of benzene rings is 3. The average Bonchev–Trinajstić information content (AvgIpc) is 3.03. The van der Waals surface area contributed by atoms with Gasteiger partial charge in [-0.1, -0.05) is 67.6 Å². The van der Waals surface area contributed by atoms with Crippen molar-refractivity contribution in [2.75, 3.05) is 0 Å². The molecule has 1 heterocycles. The minimum Gasteiger partial charge on any atom is -0.256 e. The fourth-order valence-corrected chi connectivity index (χ4v) is 4.25. The highest BCUT2D eigenvalue weighted by atomic mass is 14.7. The van der Waals surface area contributed by atoms with E-state index >= 15 is 0 Å². The third-order valence-electron chi connectivity index (χ3n) is 6.00. The van der Waals surface area contributed by atoms with E-state index in [1.54, 1.807) is 0 Å². The first-order valence-electron chi connectivity index (χ1n) is 10.6. The van der Waals surface area contributed by atoms with Crippen LogP contribution in [0.5, 0.6) is 0 Å². The van der Waals surface area contributed by atoms with Crippen LogP contribution in [0, 0.1) is 0 Å². The minimum atomic E-state index is 1.06. The molecule has 0 spiro atoms. The van der Waals surface area contributed by atoms with E-state index in [1.807, 2.05) is 6.20 Å². The molecule has 1 heteroatoms. The highest BCUT2D eigenvalue weighted by Crippen LogP contribution is 2.32. The second kappa shape index (κ2) is 7.67. The summed E-state index contributed by atoms with van der Waals surface area (Å²) in [6.07, 6.45) is 11.1. The second-order valence-corrected chi connectivity index (χ2v) is 7.85. The Morgan fingerprint density at radius 1 is 0.828 bits per heavy atom. The van der Waals surface area contributed by atoms with Crippen molar-refractivity contribution >= 4 is 16.8 Å². The topological polar surface area (TPSA) is 12.9 Å². The number of nitrogens with zero attached hydrogens (tertiary/aromatic N) is 1. The predicted octanol–water partition coefficient (Wildman–Crippen LogP) is 7.48. The molecule has 3 aromatic carbocycles. The van der Waals surface area contributed by atoms with Crippen molar-refractivity contribution < 1.29 is 0 Å². The molecule has 0 fully saturated rings. The molecule has 1 nitrogen and oxygen atoms in total. The standard InChI is InChI=1S/C28H25N/c1-2-20-8-10-23(11-9-20)28-27-19-26(15-13-22(27)16-17-29-28)25-14-12-21-6-4-3-5-7-24(21)18-25/h5,7-19H,2-4,6H2,1H3. The van der Waals surface area contributed by atoms with Crippen LogP contribution in [0.3, 0.4) is 0 Å². The van der Waals surface area contributed by atoms with Gasteiger partial charge in [0.15, 0.2) is 0 Å². The summed E-state index contributed by atoms with van der Waals surface area (Å²) < 4.78 is 0. The van der Waals surface area contributed by atoms with Gasteiger partial charge in [0.25, 0.3) is 0 Å². The normalized spacial score (nSPS) is 13.3. The van der Waals surface area contributed by atoms with E-state index < -0.39 is 0 Å². The van der Waals surface area contributed by atoms with Crippen LogP contribution in [0.1, 0.15) is 36.5 Å². The van der Waals surface area contributed by atoms with E-state index in [1.165, 1.54) is 63.4 Å². The van der Waals surface area contributed by atoms with Gasteiger partial charge in [-0.05, 0) is 77.1 Å². The first-order valence-corrected chi connectivity index (χ1v) is 10.6. The van der Waals surface area contributed by atoms with Crippen LogP contribution in [-0.2, 0) is 12.8 Å². The maximum absolute atomic E-state index is 4.74. The van der Waals surface area contributed by atoms with Crippen molar-refractivity contribution in [2.24, 2.45) is 0 Å². The molecule has 142 valence electrons. The molecule has 29 heavy (non-hydrogen) atoms. The monoisotopic (exact) mass is 375 g/mol. The quantitative estimate of drug-likeness (QED) is 0.362. The summed E-state index contributed by atoms with van der Waals surface area (Å²) in [4.78, 5) is 4.74. The summed E-state index contributed by atoms with van der Waals surface area (Å²) in [6, 6.07) is 24.6. The molecule has 0 N–H and O–H groups in total. The molecule has 1 aliphatic rings. The Morgan fingerprint density at radius 2 is 1.62 bits per heavy atom. The van der Waals surface area contributed by atoms with Gasteiger partial charge in [0.1, 0.15) is 0 Å². The summed E-state index contributed by atoms with van der Waals surface area (Å²) >= 11 is 0. The lowest BCUT2D eigenvalue weighted by molar-refractivity contribution is 0.852. The van der Waals surface area contributed by atoms with Crippen LogP contribution < -0.4 is 0 Å². The minimum absolute atomic E-state index is 1.06.